The Hall–Kier alpha value is -1.44. The Morgan fingerprint density at radius 3 is 2.95 bits per heavy atom. The zero-order valence-corrected chi connectivity index (χ0v) is 12.1. The van der Waals surface area contributed by atoms with E-state index in [-0.39, 0.29) is 12.1 Å². The van der Waals surface area contributed by atoms with Crippen molar-refractivity contribution >= 4 is 11.6 Å². The molecule has 2 heterocycles. The predicted octanol–water partition coefficient (Wildman–Crippen LogP) is 1.28. The summed E-state index contributed by atoms with van der Waals surface area (Å²) in [4.78, 5) is 8.68. The SMILES string of the molecule is CCOCc1nc(NN)cc(NC(C)C2CCCO2)n1. The molecule has 2 atom stereocenters. The van der Waals surface area contributed by atoms with Crippen molar-refractivity contribution in [2.45, 2.75) is 45.4 Å². The third-order valence-corrected chi connectivity index (χ3v) is 3.25. The second-order valence-corrected chi connectivity index (χ2v) is 4.82. The number of hydrazine groups is 1. The van der Waals surface area contributed by atoms with Crippen LogP contribution in [0.15, 0.2) is 6.07 Å². The fourth-order valence-electron chi connectivity index (χ4n) is 2.23. The van der Waals surface area contributed by atoms with Crippen LogP contribution in [0.1, 0.15) is 32.5 Å². The number of aromatic nitrogens is 2. The van der Waals surface area contributed by atoms with E-state index in [1.807, 2.05) is 6.92 Å². The molecule has 0 radical (unpaired) electrons. The maximum atomic E-state index is 5.67. The van der Waals surface area contributed by atoms with Crippen LogP contribution in [0.25, 0.3) is 0 Å². The van der Waals surface area contributed by atoms with Crippen LogP contribution >= 0.6 is 0 Å². The lowest BCUT2D eigenvalue weighted by Gasteiger charge is -2.21. The van der Waals surface area contributed by atoms with E-state index in [1.54, 1.807) is 6.07 Å². The zero-order chi connectivity index (χ0) is 14.4. The Labute approximate surface area is 119 Å². The maximum Gasteiger partial charge on any atom is 0.158 e. The number of hydrogen-bond acceptors (Lipinski definition) is 7. The third kappa shape index (κ3) is 4.03. The number of rotatable bonds is 7. The van der Waals surface area contributed by atoms with Crippen molar-refractivity contribution in [2.75, 3.05) is 24.0 Å². The minimum absolute atomic E-state index is 0.193. The van der Waals surface area contributed by atoms with Gasteiger partial charge in [0.05, 0.1) is 12.1 Å². The molecule has 7 nitrogen and oxygen atoms in total. The molecule has 7 heteroatoms. The van der Waals surface area contributed by atoms with Gasteiger partial charge in [-0.05, 0) is 26.7 Å². The quantitative estimate of drug-likeness (QED) is 0.512. The lowest BCUT2D eigenvalue weighted by atomic mass is 10.1. The number of ether oxygens (including phenoxy) is 2. The largest absolute Gasteiger partial charge is 0.376 e. The van der Waals surface area contributed by atoms with Gasteiger partial charge in [0, 0.05) is 19.3 Å². The first-order valence-corrected chi connectivity index (χ1v) is 7.03. The van der Waals surface area contributed by atoms with E-state index < -0.39 is 0 Å². The van der Waals surface area contributed by atoms with Crippen LogP contribution in [0.4, 0.5) is 11.6 Å². The molecule has 0 aromatic carbocycles. The molecule has 1 aromatic rings. The number of hydrogen-bond donors (Lipinski definition) is 3. The van der Waals surface area contributed by atoms with Gasteiger partial charge in [0.2, 0.25) is 0 Å². The van der Waals surface area contributed by atoms with Crippen LogP contribution in [0.3, 0.4) is 0 Å². The zero-order valence-electron chi connectivity index (χ0n) is 12.1. The van der Waals surface area contributed by atoms with Crippen LogP contribution in [-0.2, 0) is 16.1 Å². The molecule has 0 spiro atoms. The predicted molar refractivity (Wildman–Crippen MR) is 77.2 cm³/mol. The van der Waals surface area contributed by atoms with E-state index in [0.717, 1.165) is 25.3 Å². The number of nitrogens with two attached hydrogens (primary N) is 1. The summed E-state index contributed by atoms with van der Waals surface area (Å²) in [6, 6.07) is 1.97. The van der Waals surface area contributed by atoms with E-state index >= 15 is 0 Å². The minimum Gasteiger partial charge on any atom is -0.376 e. The number of nitrogens with zero attached hydrogens (tertiary/aromatic N) is 2. The molecule has 1 aliphatic rings. The van der Waals surface area contributed by atoms with Crippen LogP contribution in [0.5, 0.6) is 0 Å². The second kappa shape index (κ2) is 7.37. The van der Waals surface area contributed by atoms with Gasteiger partial charge in [0.15, 0.2) is 5.82 Å². The summed E-state index contributed by atoms with van der Waals surface area (Å²) >= 11 is 0. The van der Waals surface area contributed by atoms with Crippen molar-refractivity contribution in [1.82, 2.24) is 9.97 Å². The first-order valence-electron chi connectivity index (χ1n) is 7.03. The van der Waals surface area contributed by atoms with Crippen LogP contribution < -0.4 is 16.6 Å². The van der Waals surface area contributed by atoms with Crippen molar-refractivity contribution in [3.63, 3.8) is 0 Å². The summed E-state index contributed by atoms with van der Waals surface area (Å²) < 4.78 is 11.0. The number of nitrogens with one attached hydrogen (secondary N) is 2. The molecular formula is C13H23N5O2. The molecule has 1 saturated heterocycles. The third-order valence-electron chi connectivity index (χ3n) is 3.25. The molecule has 0 aliphatic carbocycles. The fourth-order valence-corrected chi connectivity index (χ4v) is 2.23. The van der Waals surface area contributed by atoms with Crippen molar-refractivity contribution in [2.24, 2.45) is 5.84 Å². The summed E-state index contributed by atoms with van der Waals surface area (Å²) in [6.45, 7) is 5.86. The Bertz CT molecular complexity index is 423. The van der Waals surface area contributed by atoms with Gasteiger partial charge in [-0.3, -0.25) is 0 Å². The Balaban J connectivity index is 2.04. The second-order valence-electron chi connectivity index (χ2n) is 4.82. The summed E-state index contributed by atoms with van der Waals surface area (Å²) in [5, 5.41) is 3.35. The van der Waals surface area contributed by atoms with Crippen LogP contribution in [-0.4, -0.2) is 35.3 Å². The maximum absolute atomic E-state index is 5.67. The summed E-state index contributed by atoms with van der Waals surface area (Å²) in [7, 11) is 0. The summed E-state index contributed by atoms with van der Waals surface area (Å²) in [5.41, 5.74) is 2.55. The van der Waals surface area contributed by atoms with E-state index in [0.29, 0.717) is 24.9 Å². The van der Waals surface area contributed by atoms with Crippen molar-refractivity contribution < 1.29 is 9.47 Å². The van der Waals surface area contributed by atoms with Gasteiger partial charge in [-0.15, -0.1) is 0 Å². The van der Waals surface area contributed by atoms with Gasteiger partial charge in [-0.2, -0.15) is 0 Å². The molecular weight excluding hydrogens is 258 g/mol. The van der Waals surface area contributed by atoms with E-state index in [1.165, 1.54) is 0 Å². The van der Waals surface area contributed by atoms with Gasteiger partial charge in [-0.1, -0.05) is 0 Å². The molecule has 0 amide bonds. The van der Waals surface area contributed by atoms with Crippen LogP contribution in [0.2, 0.25) is 0 Å². The first-order chi connectivity index (χ1) is 9.72. The molecule has 2 unspecified atom stereocenters. The molecule has 20 heavy (non-hydrogen) atoms. The number of nitrogen functional groups attached to an aromatic ring is 1. The fraction of sp³-hybridized carbons (Fsp3) is 0.692. The van der Waals surface area contributed by atoms with E-state index in [4.69, 9.17) is 15.3 Å². The van der Waals surface area contributed by atoms with Gasteiger partial charge in [-0.25, -0.2) is 15.8 Å². The normalized spacial score (nSPS) is 19.9. The molecule has 112 valence electrons. The summed E-state index contributed by atoms with van der Waals surface area (Å²) in [5.74, 6) is 7.33. The van der Waals surface area contributed by atoms with Gasteiger partial charge in [0.1, 0.15) is 18.2 Å². The highest BCUT2D eigenvalue weighted by molar-refractivity contribution is 5.47. The molecule has 4 N–H and O–H groups in total. The average molecular weight is 281 g/mol. The molecule has 1 fully saturated rings. The Morgan fingerprint density at radius 1 is 1.50 bits per heavy atom. The lowest BCUT2D eigenvalue weighted by molar-refractivity contribution is 0.0995. The summed E-state index contributed by atoms with van der Waals surface area (Å²) in [6.07, 6.45) is 2.42. The Morgan fingerprint density at radius 2 is 2.30 bits per heavy atom. The standard InChI is InChI=1S/C13H23N5O2/c1-3-19-8-13-16-11(7-12(17-13)18-14)15-9(2)10-5-4-6-20-10/h7,9-10H,3-6,8,14H2,1-2H3,(H2,15,16,17,18). The van der Waals surface area contributed by atoms with Crippen molar-refractivity contribution in [3.8, 4) is 0 Å². The smallest absolute Gasteiger partial charge is 0.158 e. The average Bonchev–Trinajstić information content (AvgIpc) is 2.99. The van der Waals surface area contributed by atoms with Crippen molar-refractivity contribution in [3.05, 3.63) is 11.9 Å². The van der Waals surface area contributed by atoms with Gasteiger partial charge in [0.25, 0.3) is 0 Å². The number of anilines is 2. The highest BCUT2D eigenvalue weighted by atomic mass is 16.5. The molecule has 0 saturated carbocycles. The molecule has 0 bridgehead atoms. The van der Waals surface area contributed by atoms with Gasteiger partial charge < -0.3 is 20.2 Å². The monoisotopic (exact) mass is 281 g/mol. The first kappa shape index (κ1) is 15.0. The van der Waals surface area contributed by atoms with Crippen molar-refractivity contribution in [1.29, 1.82) is 0 Å². The highest BCUT2D eigenvalue weighted by Crippen LogP contribution is 2.19. The molecule has 1 aliphatic heterocycles. The molecule has 2 rings (SSSR count). The van der Waals surface area contributed by atoms with E-state index in [9.17, 15) is 0 Å². The lowest BCUT2D eigenvalue weighted by Crippen LogP contribution is -2.30. The minimum atomic E-state index is 0.193. The topological polar surface area (TPSA) is 94.3 Å². The van der Waals surface area contributed by atoms with Crippen LogP contribution in [0, 0.1) is 0 Å². The van der Waals surface area contributed by atoms with E-state index in [2.05, 4.69) is 27.6 Å². The Kier molecular flexibility index (Phi) is 5.51. The molecule has 1 aromatic heterocycles. The highest BCUT2D eigenvalue weighted by Gasteiger charge is 2.22. The van der Waals surface area contributed by atoms with Gasteiger partial charge >= 0.3 is 0 Å².